The van der Waals surface area contributed by atoms with Gasteiger partial charge in [0.15, 0.2) is 0 Å². The van der Waals surface area contributed by atoms with Gasteiger partial charge in [-0.25, -0.2) is 0 Å². The zero-order valence-electron chi connectivity index (χ0n) is 11.9. The molecule has 1 amide bonds. The quantitative estimate of drug-likeness (QED) is 0.790. The molecule has 0 bridgehead atoms. The third-order valence-corrected chi connectivity index (χ3v) is 3.76. The van der Waals surface area contributed by atoms with Crippen LogP contribution in [0.3, 0.4) is 0 Å². The Labute approximate surface area is 129 Å². The van der Waals surface area contributed by atoms with Gasteiger partial charge < -0.3 is 15.8 Å². The molecule has 0 spiro atoms. The highest BCUT2D eigenvalue weighted by atomic mass is 35.5. The van der Waals surface area contributed by atoms with E-state index in [1.165, 1.54) is 12.1 Å². The molecule has 0 aliphatic rings. The number of amides is 1. The Hall–Kier alpha value is -0.970. The highest BCUT2D eigenvalue weighted by Gasteiger charge is 2.18. The van der Waals surface area contributed by atoms with Crippen LogP contribution in [0.1, 0.15) is 31.1 Å². The number of nitrogen functional groups attached to an aromatic ring is 1. The van der Waals surface area contributed by atoms with E-state index in [1.54, 1.807) is 0 Å². The third kappa shape index (κ3) is 4.54. The number of rotatable bonds is 6. The van der Waals surface area contributed by atoms with Crippen LogP contribution in [0.2, 0.25) is 10.0 Å². The van der Waals surface area contributed by atoms with Crippen molar-refractivity contribution in [2.75, 3.05) is 18.9 Å². The minimum atomic E-state index is -0.242. The van der Waals surface area contributed by atoms with Crippen molar-refractivity contribution in [3.05, 3.63) is 27.7 Å². The maximum absolute atomic E-state index is 12.2. The molecule has 20 heavy (non-hydrogen) atoms. The van der Waals surface area contributed by atoms with Crippen molar-refractivity contribution >= 4 is 34.8 Å². The molecule has 112 valence electrons. The molecule has 0 aliphatic heterocycles. The average Bonchev–Trinajstić information content (AvgIpc) is 2.39. The van der Waals surface area contributed by atoms with Crippen LogP contribution < -0.4 is 11.1 Å². The first-order valence-electron chi connectivity index (χ1n) is 6.49. The fourth-order valence-corrected chi connectivity index (χ4v) is 1.97. The van der Waals surface area contributed by atoms with Crippen LogP contribution in [0.5, 0.6) is 0 Å². The van der Waals surface area contributed by atoms with Crippen LogP contribution in [-0.2, 0) is 4.74 Å². The summed E-state index contributed by atoms with van der Waals surface area (Å²) in [6, 6.07) is 2.95. The fraction of sp³-hybridized carbons (Fsp3) is 0.500. The van der Waals surface area contributed by atoms with E-state index < -0.39 is 0 Å². The van der Waals surface area contributed by atoms with Gasteiger partial charge in [0, 0.05) is 12.2 Å². The number of halogens is 2. The summed E-state index contributed by atoms with van der Waals surface area (Å²) in [6.45, 7) is 7.04. The van der Waals surface area contributed by atoms with Crippen LogP contribution in [-0.4, -0.2) is 25.2 Å². The first-order chi connectivity index (χ1) is 9.36. The van der Waals surface area contributed by atoms with E-state index in [-0.39, 0.29) is 33.6 Å². The Balaban J connectivity index is 2.83. The first kappa shape index (κ1) is 17.1. The first-order valence-corrected chi connectivity index (χ1v) is 7.25. The summed E-state index contributed by atoms with van der Waals surface area (Å²) in [5.41, 5.74) is 6.38. The van der Waals surface area contributed by atoms with Gasteiger partial charge >= 0.3 is 0 Å². The van der Waals surface area contributed by atoms with Gasteiger partial charge in [-0.05, 0) is 25.0 Å². The molecule has 3 N–H and O–H groups in total. The molecule has 1 unspecified atom stereocenters. The molecule has 0 fully saturated rings. The molecule has 1 rings (SSSR count). The van der Waals surface area contributed by atoms with E-state index in [4.69, 9.17) is 33.7 Å². The van der Waals surface area contributed by atoms with Gasteiger partial charge in [-0.2, -0.15) is 0 Å². The van der Waals surface area contributed by atoms with Crippen molar-refractivity contribution in [2.24, 2.45) is 5.92 Å². The van der Waals surface area contributed by atoms with E-state index in [0.717, 1.165) is 0 Å². The standard InChI is InChI=1S/C14H20Cl2N2O2/c1-4-20-7-12(8(2)3)18-14(19)9-5-10(15)13(16)11(17)6-9/h5-6,8,12H,4,7,17H2,1-3H3,(H,18,19). The lowest BCUT2D eigenvalue weighted by Gasteiger charge is -2.22. The maximum atomic E-state index is 12.2. The van der Waals surface area contributed by atoms with Crippen molar-refractivity contribution in [3.63, 3.8) is 0 Å². The third-order valence-electron chi connectivity index (χ3n) is 2.94. The molecule has 1 aromatic rings. The molecule has 0 aromatic heterocycles. The van der Waals surface area contributed by atoms with E-state index in [1.807, 2.05) is 20.8 Å². The molecular weight excluding hydrogens is 299 g/mol. The van der Waals surface area contributed by atoms with Crippen molar-refractivity contribution in [1.82, 2.24) is 5.32 Å². The number of hydrogen-bond acceptors (Lipinski definition) is 3. The van der Waals surface area contributed by atoms with E-state index in [2.05, 4.69) is 5.32 Å². The lowest BCUT2D eigenvalue weighted by atomic mass is 10.0. The van der Waals surface area contributed by atoms with Crippen LogP contribution in [0.15, 0.2) is 12.1 Å². The summed E-state index contributed by atoms with van der Waals surface area (Å²) in [7, 11) is 0. The van der Waals surface area contributed by atoms with Crippen molar-refractivity contribution in [3.8, 4) is 0 Å². The number of carbonyl (C=O) groups excluding carboxylic acids is 1. The molecule has 1 atom stereocenters. The van der Waals surface area contributed by atoms with Crippen LogP contribution in [0.4, 0.5) is 5.69 Å². The maximum Gasteiger partial charge on any atom is 0.251 e. The molecule has 4 nitrogen and oxygen atoms in total. The number of benzene rings is 1. The van der Waals surface area contributed by atoms with Crippen molar-refractivity contribution in [2.45, 2.75) is 26.8 Å². The molecule has 0 saturated carbocycles. The fourth-order valence-electron chi connectivity index (χ4n) is 1.64. The summed E-state index contributed by atoms with van der Waals surface area (Å²) < 4.78 is 5.37. The number of hydrogen-bond donors (Lipinski definition) is 2. The van der Waals surface area contributed by atoms with Crippen molar-refractivity contribution in [1.29, 1.82) is 0 Å². The van der Waals surface area contributed by atoms with Crippen LogP contribution in [0, 0.1) is 5.92 Å². The smallest absolute Gasteiger partial charge is 0.251 e. The van der Waals surface area contributed by atoms with Crippen molar-refractivity contribution < 1.29 is 9.53 Å². The van der Waals surface area contributed by atoms with Gasteiger partial charge in [0.2, 0.25) is 0 Å². The molecule has 0 aliphatic carbocycles. The van der Waals surface area contributed by atoms with Crippen LogP contribution in [0.25, 0.3) is 0 Å². The zero-order valence-corrected chi connectivity index (χ0v) is 13.4. The summed E-state index contributed by atoms with van der Waals surface area (Å²) >= 11 is 11.8. The summed E-state index contributed by atoms with van der Waals surface area (Å²) in [5.74, 6) is 0.0132. The topological polar surface area (TPSA) is 64.3 Å². The van der Waals surface area contributed by atoms with E-state index in [9.17, 15) is 4.79 Å². The van der Waals surface area contributed by atoms with Gasteiger partial charge in [0.1, 0.15) is 0 Å². The van der Waals surface area contributed by atoms with E-state index in [0.29, 0.717) is 18.8 Å². The average molecular weight is 319 g/mol. The Bertz CT molecular complexity index is 455. The summed E-state index contributed by atoms with van der Waals surface area (Å²) in [6.07, 6.45) is 0. The SMILES string of the molecule is CCOCC(NC(=O)c1cc(N)c(Cl)c(Cl)c1)C(C)C. The monoisotopic (exact) mass is 318 g/mol. The van der Waals surface area contributed by atoms with Gasteiger partial charge in [-0.15, -0.1) is 0 Å². The van der Waals surface area contributed by atoms with Gasteiger partial charge in [-0.1, -0.05) is 37.0 Å². The van der Waals surface area contributed by atoms with E-state index >= 15 is 0 Å². The predicted molar refractivity (Wildman–Crippen MR) is 83.5 cm³/mol. The molecule has 1 aromatic carbocycles. The summed E-state index contributed by atoms with van der Waals surface area (Å²) in [5, 5.41) is 3.45. The second-order valence-corrected chi connectivity index (χ2v) is 5.63. The molecular formula is C14H20Cl2N2O2. The lowest BCUT2D eigenvalue weighted by Crippen LogP contribution is -2.41. The summed E-state index contributed by atoms with van der Waals surface area (Å²) in [4.78, 5) is 12.2. The van der Waals surface area contributed by atoms with Crippen LogP contribution >= 0.6 is 23.2 Å². The van der Waals surface area contributed by atoms with Gasteiger partial charge in [-0.3, -0.25) is 4.79 Å². The van der Waals surface area contributed by atoms with Gasteiger partial charge in [0.05, 0.1) is 28.4 Å². The molecule has 0 saturated heterocycles. The minimum absolute atomic E-state index is 0.0712. The second-order valence-electron chi connectivity index (χ2n) is 4.84. The number of nitrogens with two attached hydrogens (primary N) is 1. The number of ether oxygens (including phenoxy) is 1. The highest BCUT2D eigenvalue weighted by Crippen LogP contribution is 2.29. The Kier molecular flexibility index (Phi) is 6.59. The Morgan fingerprint density at radius 2 is 2.05 bits per heavy atom. The normalized spacial score (nSPS) is 12.5. The predicted octanol–water partition coefficient (Wildman–Crippen LogP) is 3.37. The molecule has 0 radical (unpaired) electrons. The largest absolute Gasteiger partial charge is 0.397 e. The Morgan fingerprint density at radius 3 is 2.55 bits per heavy atom. The second kappa shape index (κ2) is 7.72. The zero-order chi connectivity index (χ0) is 15.3. The Morgan fingerprint density at radius 1 is 1.40 bits per heavy atom. The highest BCUT2D eigenvalue weighted by molar-refractivity contribution is 6.43. The lowest BCUT2D eigenvalue weighted by molar-refractivity contribution is 0.0806. The molecule has 6 heteroatoms. The number of anilines is 1. The number of nitrogens with one attached hydrogen (secondary N) is 1. The van der Waals surface area contributed by atoms with Gasteiger partial charge in [0.25, 0.3) is 5.91 Å². The molecule has 0 heterocycles. The number of carbonyl (C=O) groups is 1. The minimum Gasteiger partial charge on any atom is -0.397 e.